The Balaban J connectivity index is 3.09. The molecule has 1 atom stereocenters. The highest BCUT2D eigenvalue weighted by atomic mass is 15.3. The van der Waals surface area contributed by atoms with Crippen LogP contribution in [0.15, 0.2) is 0 Å². The van der Waals surface area contributed by atoms with Crippen LogP contribution >= 0.6 is 0 Å². The van der Waals surface area contributed by atoms with E-state index in [0.29, 0.717) is 23.8 Å². The second-order valence-electron chi connectivity index (χ2n) is 8.23. The maximum absolute atomic E-state index is 4.49. The van der Waals surface area contributed by atoms with Crippen molar-refractivity contribution in [3.05, 3.63) is 0 Å². The molecule has 0 amide bonds. The van der Waals surface area contributed by atoms with Crippen molar-refractivity contribution >= 4 is 17.8 Å². The molecule has 0 spiro atoms. The summed E-state index contributed by atoms with van der Waals surface area (Å²) in [4.78, 5) is 13.4. The zero-order chi connectivity index (χ0) is 17.1. The Bertz CT molecular complexity index is 450. The fraction of sp³-hybridized carbons (Fsp3) is 0.812. The van der Waals surface area contributed by atoms with Gasteiger partial charge in [0.25, 0.3) is 0 Å². The van der Waals surface area contributed by atoms with Crippen LogP contribution in [0.25, 0.3) is 0 Å². The molecule has 3 N–H and O–H groups in total. The Labute approximate surface area is 134 Å². The molecule has 0 saturated carbocycles. The summed E-state index contributed by atoms with van der Waals surface area (Å²) >= 11 is 0. The number of aromatic nitrogens is 3. The summed E-state index contributed by atoms with van der Waals surface area (Å²) in [6.45, 7) is 18.9. The Kier molecular flexibility index (Phi) is 5.59. The molecule has 0 radical (unpaired) electrons. The van der Waals surface area contributed by atoms with Crippen LogP contribution in [-0.2, 0) is 0 Å². The predicted molar refractivity (Wildman–Crippen MR) is 94.5 cm³/mol. The summed E-state index contributed by atoms with van der Waals surface area (Å²) in [5.41, 5.74) is -0.220. The van der Waals surface area contributed by atoms with Crippen molar-refractivity contribution < 1.29 is 0 Å². The van der Waals surface area contributed by atoms with Gasteiger partial charge in [-0.1, -0.05) is 13.8 Å². The third-order valence-electron chi connectivity index (χ3n) is 2.97. The third kappa shape index (κ3) is 6.91. The van der Waals surface area contributed by atoms with E-state index < -0.39 is 0 Å². The molecular formula is C16H32N6. The molecule has 22 heavy (non-hydrogen) atoms. The standard InChI is InChI=1S/C16H32N6/c1-10(2)11(3)17-12-18-13(21-15(4,5)6)20-14(19-12)22-16(7,8)9/h10-11H,1-9H3,(H3,17,18,19,20,21,22). The Hall–Kier alpha value is -1.59. The molecule has 0 aliphatic rings. The molecule has 0 aliphatic heterocycles. The monoisotopic (exact) mass is 308 g/mol. The summed E-state index contributed by atoms with van der Waals surface area (Å²) < 4.78 is 0. The second-order valence-corrected chi connectivity index (χ2v) is 8.23. The van der Waals surface area contributed by atoms with E-state index in [4.69, 9.17) is 0 Å². The van der Waals surface area contributed by atoms with Gasteiger partial charge in [0.1, 0.15) is 0 Å². The lowest BCUT2D eigenvalue weighted by atomic mass is 10.1. The van der Waals surface area contributed by atoms with Gasteiger partial charge in [0.2, 0.25) is 17.8 Å². The zero-order valence-corrected chi connectivity index (χ0v) is 15.5. The molecule has 6 heteroatoms. The lowest BCUT2D eigenvalue weighted by Crippen LogP contribution is -2.31. The van der Waals surface area contributed by atoms with Gasteiger partial charge in [-0.05, 0) is 54.4 Å². The van der Waals surface area contributed by atoms with Gasteiger partial charge in [-0.25, -0.2) is 0 Å². The van der Waals surface area contributed by atoms with Crippen LogP contribution in [0.3, 0.4) is 0 Å². The van der Waals surface area contributed by atoms with E-state index in [1.54, 1.807) is 0 Å². The van der Waals surface area contributed by atoms with Crippen LogP contribution in [0.2, 0.25) is 0 Å². The van der Waals surface area contributed by atoms with Crippen LogP contribution in [0.4, 0.5) is 17.8 Å². The number of anilines is 3. The minimum absolute atomic E-state index is 0.110. The van der Waals surface area contributed by atoms with Crippen LogP contribution < -0.4 is 16.0 Å². The van der Waals surface area contributed by atoms with Gasteiger partial charge in [0.15, 0.2) is 0 Å². The predicted octanol–water partition coefficient (Wildman–Crippen LogP) is 3.75. The van der Waals surface area contributed by atoms with Crippen LogP contribution in [0.5, 0.6) is 0 Å². The molecule has 0 bridgehead atoms. The Morgan fingerprint density at radius 1 is 0.682 bits per heavy atom. The highest BCUT2D eigenvalue weighted by Gasteiger charge is 2.18. The molecule has 0 fully saturated rings. The molecule has 6 nitrogen and oxygen atoms in total. The number of nitrogens with zero attached hydrogens (tertiary/aromatic N) is 3. The summed E-state index contributed by atoms with van der Waals surface area (Å²) in [6.07, 6.45) is 0. The first-order valence-electron chi connectivity index (χ1n) is 7.95. The van der Waals surface area contributed by atoms with Crippen molar-refractivity contribution in [1.82, 2.24) is 15.0 Å². The quantitative estimate of drug-likeness (QED) is 0.769. The lowest BCUT2D eigenvalue weighted by Gasteiger charge is -2.24. The molecule has 1 rings (SSSR count). The molecular weight excluding hydrogens is 276 g/mol. The molecule has 0 aromatic carbocycles. The number of rotatable bonds is 5. The van der Waals surface area contributed by atoms with Gasteiger partial charge in [-0.3, -0.25) is 0 Å². The first-order chi connectivity index (χ1) is 9.85. The molecule has 1 heterocycles. The van der Waals surface area contributed by atoms with Crippen LogP contribution in [-0.4, -0.2) is 32.1 Å². The average Bonchev–Trinajstić information content (AvgIpc) is 2.22. The topological polar surface area (TPSA) is 74.8 Å². The largest absolute Gasteiger partial charge is 0.351 e. The second kappa shape index (κ2) is 6.67. The van der Waals surface area contributed by atoms with Gasteiger partial charge in [0, 0.05) is 17.1 Å². The molecule has 0 saturated heterocycles. The minimum atomic E-state index is -0.110. The fourth-order valence-corrected chi connectivity index (χ4v) is 1.59. The molecule has 1 unspecified atom stereocenters. The van der Waals surface area contributed by atoms with Crippen molar-refractivity contribution in [3.8, 4) is 0 Å². The van der Waals surface area contributed by atoms with E-state index >= 15 is 0 Å². The molecule has 126 valence electrons. The Morgan fingerprint density at radius 2 is 1.05 bits per heavy atom. The zero-order valence-electron chi connectivity index (χ0n) is 15.5. The first kappa shape index (κ1) is 18.5. The normalized spacial score (nSPS) is 13.9. The minimum Gasteiger partial charge on any atom is -0.351 e. The van der Waals surface area contributed by atoms with Gasteiger partial charge >= 0.3 is 0 Å². The van der Waals surface area contributed by atoms with E-state index in [2.05, 4.69) is 93.2 Å². The number of hydrogen-bond donors (Lipinski definition) is 3. The van der Waals surface area contributed by atoms with E-state index in [1.807, 2.05) is 0 Å². The fourth-order valence-electron chi connectivity index (χ4n) is 1.59. The van der Waals surface area contributed by atoms with E-state index in [0.717, 1.165) is 0 Å². The van der Waals surface area contributed by atoms with Crippen LogP contribution in [0, 0.1) is 5.92 Å². The van der Waals surface area contributed by atoms with Crippen molar-refractivity contribution in [2.45, 2.75) is 79.4 Å². The van der Waals surface area contributed by atoms with Crippen molar-refractivity contribution in [3.63, 3.8) is 0 Å². The maximum Gasteiger partial charge on any atom is 0.229 e. The van der Waals surface area contributed by atoms with Gasteiger partial charge in [-0.15, -0.1) is 0 Å². The summed E-state index contributed by atoms with van der Waals surface area (Å²) in [5.74, 6) is 2.24. The van der Waals surface area contributed by atoms with Crippen molar-refractivity contribution in [2.24, 2.45) is 5.92 Å². The smallest absolute Gasteiger partial charge is 0.229 e. The molecule has 1 aromatic heterocycles. The van der Waals surface area contributed by atoms with Gasteiger partial charge in [0.05, 0.1) is 0 Å². The Morgan fingerprint density at radius 3 is 1.36 bits per heavy atom. The van der Waals surface area contributed by atoms with Crippen molar-refractivity contribution in [2.75, 3.05) is 16.0 Å². The van der Waals surface area contributed by atoms with Gasteiger partial charge < -0.3 is 16.0 Å². The average molecular weight is 308 g/mol. The number of hydrogen-bond acceptors (Lipinski definition) is 6. The van der Waals surface area contributed by atoms with E-state index in [1.165, 1.54) is 0 Å². The van der Waals surface area contributed by atoms with Crippen LogP contribution in [0.1, 0.15) is 62.3 Å². The lowest BCUT2D eigenvalue weighted by molar-refractivity contribution is 0.555. The van der Waals surface area contributed by atoms with Gasteiger partial charge in [-0.2, -0.15) is 15.0 Å². The molecule has 0 aliphatic carbocycles. The number of nitrogens with one attached hydrogen (secondary N) is 3. The SMILES string of the molecule is CC(C)C(C)Nc1nc(NC(C)(C)C)nc(NC(C)(C)C)n1. The summed E-state index contributed by atoms with van der Waals surface area (Å²) in [7, 11) is 0. The van der Waals surface area contributed by atoms with Crippen molar-refractivity contribution in [1.29, 1.82) is 0 Å². The summed E-state index contributed by atoms with van der Waals surface area (Å²) in [5, 5.41) is 9.97. The maximum atomic E-state index is 4.49. The third-order valence-corrected chi connectivity index (χ3v) is 2.97. The first-order valence-corrected chi connectivity index (χ1v) is 7.95. The summed E-state index contributed by atoms with van der Waals surface area (Å²) in [6, 6.07) is 0.285. The van der Waals surface area contributed by atoms with E-state index in [-0.39, 0.29) is 17.1 Å². The molecule has 1 aromatic rings. The highest BCUT2D eigenvalue weighted by Crippen LogP contribution is 2.18. The van der Waals surface area contributed by atoms with E-state index in [9.17, 15) is 0 Å². The highest BCUT2D eigenvalue weighted by molar-refractivity contribution is 5.44.